The number of piperidine rings is 1. The van der Waals surface area contributed by atoms with Crippen LogP contribution in [0.3, 0.4) is 0 Å². The minimum atomic E-state index is -3.33. The fraction of sp³-hybridized carbons (Fsp3) is 0.450. The van der Waals surface area contributed by atoms with Crippen LogP contribution in [0.25, 0.3) is 0 Å². The van der Waals surface area contributed by atoms with Crippen LogP contribution in [0.4, 0.5) is 5.82 Å². The summed E-state index contributed by atoms with van der Waals surface area (Å²) in [7, 11) is -1.73. The molecule has 154 valence electrons. The van der Waals surface area contributed by atoms with Gasteiger partial charge in [0.15, 0.2) is 11.5 Å². The summed E-state index contributed by atoms with van der Waals surface area (Å²) in [4.78, 5) is 10.4. The summed E-state index contributed by atoms with van der Waals surface area (Å²) < 4.78 is 32.5. The second kappa shape index (κ2) is 9.67. The van der Waals surface area contributed by atoms with Crippen LogP contribution in [0.1, 0.15) is 24.1 Å². The molecule has 0 atom stereocenters. The monoisotopic (exact) mass is 415 g/mol. The molecule has 2 heterocycles. The number of benzene rings is 1. The highest BCUT2D eigenvalue weighted by molar-refractivity contribution is 7.89. The molecule has 0 saturated carbocycles. The van der Waals surface area contributed by atoms with Gasteiger partial charge in [0.25, 0.3) is 0 Å². The maximum Gasteiger partial charge on any atom is 0.211 e. The SMILES string of the molecule is COc1ccc(CCS(=O)(=O)NCC2CCN(c3nccnc3C#N)CC2)cc1. The van der Waals surface area contributed by atoms with E-state index < -0.39 is 10.0 Å². The summed E-state index contributed by atoms with van der Waals surface area (Å²) in [6.07, 6.45) is 5.22. The number of hydrogen-bond acceptors (Lipinski definition) is 7. The molecule has 1 aromatic heterocycles. The lowest BCUT2D eigenvalue weighted by Gasteiger charge is -2.32. The smallest absolute Gasteiger partial charge is 0.211 e. The van der Waals surface area contributed by atoms with Gasteiger partial charge in [0.05, 0.1) is 12.9 Å². The molecule has 0 aliphatic carbocycles. The maximum atomic E-state index is 12.3. The van der Waals surface area contributed by atoms with Gasteiger partial charge in [-0.1, -0.05) is 12.1 Å². The van der Waals surface area contributed by atoms with E-state index in [9.17, 15) is 13.7 Å². The lowest BCUT2D eigenvalue weighted by Crippen LogP contribution is -2.40. The van der Waals surface area contributed by atoms with Crippen molar-refractivity contribution in [3.63, 3.8) is 0 Å². The molecule has 1 saturated heterocycles. The predicted octanol–water partition coefficient (Wildman–Crippen LogP) is 1.74. The summed E-state index contributed by atoms with van der Waals surface area (Å²) >= 11 is 0. The third-order valence-electron chi connectivity index (χ3n) is 5.11. The Bertz CT molecular complexity index is 949. The van der Waals surface area contributed by atoms with Crippen molar-refractivity contribution < 1.29 is 13.2 Å². The van der Waals surface area contributed by atoms with Crippen molar-refractivity contribution in [2.45, 2.75) is 19.3 Å². The molecule has 3 rings (SSSR count). The topological polar surface area (TPSA) is 108 Å². The molecule has 1 N–H and O–H groups in total. The zero-order chi connectivity index (χ0) is 20.7. The van der Waals surface area contributed by atoms with Gasteiger partial charge in [-0.05, 0) is 42.9 Å². The van der Waals surface area contributed by atoms with E-state index in [0.717, 1.165) is 37.2 Å². The third-order valence-corrected chi connectivity index (χ3v) is 6.46. The quantitative estimate of drug-likeness (QED) is 0.699. The van der Waals surface area contributed by atoms with Crippen LogP contribution < -0.4 is 14.4 Å². The number of methoxy groups -OCH3 is 1. The molecule has 0 spiro atoms. The molecular weight excluding hydrogens is 390 g/mol. The number of hydrogen-bond donors (Lipinski definition) is 1. The van der Waals surface area contributed by atoms with Crippen LogP contribution in [-0.2, 0) is 16.4 Å². The fourth-order valence-electron chi connectivity index (χ4n) is 3.35. The van der Waals surface area contributed by atoms with Crippen molar-refractivity contribution in [2.24, 2.45) is 5.92 Å². The van der Waals surface area contributed by atoms with E-state index in [1.165, 1.54) is 6.20 Å². The van der Waals surface area contributed by atoms with E-state index in [-0.39, 0.29) is 11.7 Å². The Morgan fingerprint density at radius 1 is 1.21 bits per heavy atom. The predicted molar refractivity (Wildman–Crippen MR) is 110 cm³/mol. The van der Waals surface area contributed by atoms with E-state index in [2.05, 4.69) is 20.8 Å². The van der Waals surface area contributed by atoms with Gasteiger partial charge >= 0.3 is 0 Å². The minimum absolute atomic E-state index is 0.0588. The molecule has 1 aliphatic rings. The van der Waals surface area contributed by atoms with Crippen LogP contribution in [0.5, 0.6) is 5.75 Å². The molecule has 0 radical (unpaired) electrons. The van der Waals surface area contributed by atoms with Crippen LogP contribution in [-0.4, -0.2) is 50.9 Å². The van der Waals surface area contributed by atoms with Crippen LogP contribution in [0, 0.1) is 17.2 Å². The van der Waals surface area contributed by atoms with Crippen LogP contribution in [0.2, 0.25) is 0 Å². The van der Waals surface area contributed by atoms with Crippen LogP contribution in [0.15, 0.2) is 36.7 Å². The van der Waals surface area contributed by atoms with Gasteiger partial charge in [-0.15, -0.1) is 0 Å². The van der Waals surface area contributed by atoms with Crippen molar-refractivity contribution in [3.05, 3.63) is 47.9 Å². The first-order valence-corrected chi connectivity index (χ1v) is 11.2. The molecule has 2 aromatic rings. The van der Waals surface area contributed by atoms with E-state index >= 15 is 0 Å². The maximum absolute atomic E-state index is 12.3. The first-order valence-electron chi connectivity index (χ1n) is 9.57. The van der Waals surface area contributed by atoms with Crippen molar-refractivity contribution in [3.8, 4) is 11.8 Å². The Morgan fingerprint density at radius 3 is 2.55 bits per heavy atom. The van der Waals surface area contributed by atoms with Gasteiger partial charge in [0, 0.05) is 32.0 Å². The standard InChI is InChI=1S/C20H25N5O3S/c1-28-18-4-2-16(3-5-18)8-13-29(26,27)24-15-17-6-11-25(12-7-17)20-19(14-21)22-9-10-23-20/h2-5,9-10,17,24H,6-8,11-13,15H2,1H3. The molecule has 8 nitrogen and oxygen atoms in total. The number of nitrogens with one attached hydrogen (secondary N) is 1. The summed E-state index contributed by atoms with van der Waals surface area (Å²) in [6, 6.07) is 9.49. The zero-order valence-corrected chi connectivity index (χ0v) is 17.2. The highest BCUT2D eigenvalue weighted by Gasteiger charge is 2.23. The first kappa shape index (κ1) is 21.0. The Labute approximate surface area is 171 Å². The summed E-state index contributed by atoms with van der Waals surface area (Å²) in [5.41, 5.74) is 1.28. The van der Waals surface area contributed by atoms with Gasteiger partial charge in [0.2, 0.25) is 10.0 Å². The van der Waals surface area contributed by atoms with Gasteiger partial charge in [-0.2, -0.15) is 5.26 Å². The van der Waals surface area contributed by atoms with Gasteiger partial charge in [-0.25, -0.2) is 23.1 Å². The average molecular weight is 416 g/mol. The van der Waals surface area contributed by atoms with Gasteiger partial charge < -0.3 is 9.64 Å². The molecule has 0 unspecified atom stereocenters. The molecule has 1 fully saturated rings. The Kier molecular flexibility index (Phi) is 7.01. The van der Waals surface area contributed by atoms with Crippen molar-refractivity contribution >= 4 is 15.8 Å². The zero-order valence-electron chi connectivity index (χ0n) is 16.4. The number of ether oxygens (including phenoxy) is 1. The largest absolute Gasteiger partial charge is 0.497 e. The second-order valence-corrected chi connectivity index (χ2v) is 8.96. The first-order chi connectivity index (χ1) is 14.0. The Balaban J connectivity index is 1.45. The summed E-state index contributed by atoms with van der Waals surface area (Å²) in [6.45, 7) is 1.89. The van der Waals surface area contributed by atoms with Crippen molar-refractivity contribution in [1.82, 2.24) is 14.7 Å². The number of aromatic nitrogens is 2. The number of nitriles is 1. The van der Waals surface area contributed by atoms with Crippen LogP contribution >= 0.6 is 0 Å². The minimum Gasteiger partial charge on any atom is -0.497 e. The number of nitrogens with zero attached hydrogens (tertiary/aromatic N) is 4. The molecule has 0 bridgehead atoms. The molecule has 9 heteroatoms. The van der Waals surface area contributed by atoms with Gasteiger partial charge in [0.1, 0.15) is 11.8 Å². The second-order valence-electron chi connectivity index (χ2n) is 7.04. The van der Waals surface area contributed by atoms with Gasteiger partial charge in [-0.3, -0.25) is 0 Å². The fourth-order valence-corrected chi connectivity index (χ4v) is 4.49. The highest BCUT2D eigenvalue weighted by Crippen LogP contribution is 2.23. The molecule has 1 aromatic carbocycles. The Morgan fingerprint density at radius 2 is 1.90 bits per heavy atom. The Hall–Kier alpha value is -2.70. The van der Waals surface area contributed by atoms with Crippen molar-refractivity contribution in [1.29, 1.82) is 5.26 Å². The number of anilines is 1. The number of aryl methyl sites for hydroxylation is 1. The molecular formula is C20H25N5O3S. The summed E-state index contributed by atoms with van der Waals surface area (Å²) in [5.74, 6) is 1.69. The number of sulfonamides is 1. The van der Waals surface area contributed by atoms with Crippen molar-refractivity contribution in [2.75, 3.05) is 37.4 Å². The van der Waals surface area contributed by atoms with E-state index in [1.807, 2.05) is 29.2 Å². The van der Waals surface area contributed by atoms with E-state index in [0.29, 0.717) is 24.5 Å². The molecule has 1 aliphatic heterocycles. The van der Waals surface area contributed by atoms with E-state index in [1.54, 1.807) is 13.3 Å². The van der Waals surface area contributed by atoms with E-state index in [4.69, 9.17) is 4.74 Å². The number of rotatable bonds is 8. The summed E-state index contributed by atoms with van der Waals surface area (Å²) in [5, 5.41) is 9.17. The lowest BCUT2D eigenvalue weighted by atomic mass is 9.97. The molecule has 0 amide bonds. The average Bonchev–Trinajstić information content (AvgIpc) is 2.77. The highest BCUT2D eigenvalue weighted by atomic mass is 32.2. The normalized spacial score (nSPS) is 15.1. The lowest BCUT2D eigenvalue weighted by molar-refractivity contribution is 0.400. The molecule has 29 heavy (non-hydrogen) atoms. The third kappa shape index (κ3) is 5.89.